The fourth-order valence-corrected chi connectivity index (χ4v) is 3.16. The molecule has 136 valence electrons. The third kappa shape index (κ3) is 5.55. The van der Waals surface area contributed by atoms with Gasteiger partial charge in [-0.1, -0.05) is 60.2 Å². The summed E-state index contributed by atoms with van der Waals surface area (Å²) in [6.07, 6.45) is 3.47. The van der Waals surface area contributed by atoms with E-state index >= 15 is 0 Å². The van der Waals surface area contributed by atoms with Crippen molar-refractivity contribution in [1.82, 2.24) is 5.32 Å². The molecule has 0 bridgehead atoms. The number of hydrogen-bond donors (Lipinski definition) is 2. The molecule has 1 fully saturated rings. The molecule has 0 unspecified atom stereocenters. The Morgan fingerprint density at radius 1 is 1.12 bits per heavy atom. The third-order valence-electron chi connectivity index (χ3n) is 4.72. The fourth-order valence-electron chi connectivity index (χ4n) is 3.16. The van der Waals surface area contributed by atoms with Crippen molar-refractivity contribution in [3.05, 3.63) is 77.4 Å². The summed E-state index contributed by atoms with van der Waals surface area (Å²) in [5.41, 5.74) is 3.39. The lowest BCUT2D eigenvalue weighted by atomic mass is 10.0. The minimum absolute atomic E-state index is 0.00313. The molecule has 26 heavy (non-hydrogen) atoms. The second kappa shape index (κ2) is 9.32. The van der Waals surface area contributed by atoms with Gasteiger partial charge in [0.05, 0.1) is 13.2 Å². The molecule has 0 radical (unpaired) electrons. The first-order valence-electron chi connectivity index (χ1n) is 9.22. The Balaban J connectivity index is 1.68. The molecule has 4 nitrogen and oxygen atoms in total. The first kappa shape index (κ1) is 18.4. The van der Waals surface area contributed by atoms with Crippen molar-refractivity contribution >= 4 is 12.0 Å². The summed E-state index contributed by atoms with van der Waals surface area (Å²) in [5, 5.41) is 3.18. The molecular weight excluding hydrogens is 324 g/mol. The van der Waals surface area contributed by atoms with Crippen LogP contribution >= 0.6 is 0 Å². The number of carbonyl (C=O) groups is 1. The summed E-state index contributed by atoms with van der Waals surface area (Å²) < 4.78 is 5.45. The Morgan fingerprint density at radius 2 is 1.81 bits per heavy atom. The topological polar surface area (TPSA) is 42.8 Å². The summed E-state index contributed by atoms with van der Waals surface area (Å²) in [6.45, 7) is 6.50. The smallest absolute Gasteiger partial charge is 0.244 e. The highest BCUT2D eigenvalue weighted by Crippen LogP contribution is 2.13. The normalized spacial score (nSPS) is 16.5. The SMILES string of the molecule is Cc1ccc([C@@H](C[NH+]2CCOCC2)NC(=O)/C=C/c2ccccc2)cc1. The number of quaternary nitrogens is 1. The van der Waals surface area contributed by atoms with E-state index in [0.717, 1.165) is 44.0 Å². The summed E-state index contributed by atoms with van der Waals surface area (Å²) in [5.74, 6) is -0.0629. The van der Waals surface area contributed by atoms with Crippen molar-refractivity contribution in [3.63, 3.8) is 0 Å². The van der Waals surface area contributed by atoms with Crippen LogP contribution in [-0.2, 0) is 9.53 Å². The van der Waals surface area contributed by atoms with Crippen molar-refractivity contribution in [2.24, 2.45) is 0 Å². The number of rotatable bonds is 6. The van der Waals surface area contributed by atoms with E-state index in [0.29, 0.717) is 0 Å². The summed E-state index contributed by atoms with van der Waals surface area (Å²) >= 11 is 0. The van der Waals surface area contributed by atoms with E-state index in [1.807, 2.05) is 36.4 Å². The predicted octanol–water partition coefficient (Wildman–Crippen LogP) is 1.78. The Morgan fingerprint density at radius 3 is 2.50 bits per heavy atom. The number of aryl methyl sites for hydroxylation is 1. The zero-order valence-corrected chi connectivity index (χ0v) is 15.3. The van der Waals surface area contributed by atoms with Gasteiger partial charge in [-0.05, 0) is 24.1 Å². The van der Waals surface area contributed by atoms with Crippen LogP contribution in [0.1, 0.15) is 22.7 Å². The number of carbonyl (C=O) groups excluding carboxylic acids is 1. The van der Waals surface area contributed by atoms with Crippen LogP contribution in [0.2, 0.25) is 0 Å². The lowest BCUT2D eigenvalue weighted by molar-refractivity contribution is -0.909. The van der Waals surface area contributed by atoms with Gasteiger partial charge in [-0.25, -0.2) is 0 Å². The molecule has 1 atom stereocenters. The van der Waals surface area contributed by atoms with Gasteiger partial charge in [0.2, 0.25) is 5.91 Å². The fraction of sp³-hybridized carbons (Fsp3) is 0.318. The Labute approximate surface area is 155 Å². The van der Waals surface area contributed by atoms with Gasteiger partial charge in [0.15, 0.2) is 0 Å². The summed E-state index contributed by atoms with van der Waals surface area (Å²) in [4.78, 5) is 13.9. The number of benzene rings is 2. The molecule has 1 heterocycles. The van der Waals surface area contributed by atoms with Gasteiger partial charge in [0.1, 0.15) is 25.7 Å². The summed E-state index contributed by atoms with van der Waals surface area (Å²) in [6, 6.07) is 18.3. The molecule has 0 aromatic heterocycles. The Kier molecular flexibility index (Phi) is 6.58. The van der Waals surface area contributed by atoms with Gasteiger partial charge in [0.25, 0.3) is 0 Å². The van der Waals surface area contributed by atoms with E-state index in [4.69, 9.17) is 4.74 Å². The van der Waals surface area contributed by atoms with Crippen LogP contribution in [0.15, 0.2) is 60.7 Å². The lowest BCUT2D eigenvalue weighted by Crippen LogP contribution is -3.14. The van der Waals surface area contributed by atoms with Crippen LogP contribution in [0.4, 0.5) is 0 Å². The lowest BCUT2D eigenvalue weighted by Gasteiger charge is -2.28. The largest absolute Gasteiger partial charge is 0.370 e. The molecule has 0 saturated carbocycles. The van der Waals surface area contributed by atoms with Crippen LogP contribution in [0.5, 0.6) is 0 Å². The molecule has 1 aliphatic rings. The first-order valence-corrected chi connectivity index (χ1v) is 9.22. The predicted molar refractivity (Wildman–Crippen MR) is 104 cm³/mol. The van der Waals surface area contributed by atoms with Crippen LogP contribution < -0.4 is 10.2 Å². The van der Waals surface area contributed by atoms with Gasteiger partial charge < -0.3 is 15.0 Å². The number of amides is 1. The number of hydrogen-bond acceptors (Lipinski definition) is 2. The zero-order chi connectivity index (χ0) is 18.2. The monoisotopic (exact) mass is 351 g/mol. The maximum Gasteiger partial charge on any atom is 0.244 e. The second-order valence-corrected chi connectivity index (χ2v) is 6.78. The van der Waals surface area contributed by atoms with Crippen molar-refractivity contribution < 1.29 is 14.4 Å². The minimum Gasteiger partial charge on any atom is -0.370 e. The van der Waals surface area contributed by atoms with E-state index in [1.165, 1.54) is 10.5 Å². The van der Waals surface area contributed by atoms with Gasteiger partial charge in [-0.15, -0.1) is 0 Å². The molecule has 0 aliphatic carbocycles. The van der Waals surface area contributed by atoms with Crippen LogP contribution in [0.3, 0.4) is 0 Å². The van der Waals surface area contributed by atoms with E-state index < -0.39 is 0 Å². The van der Waals surface area contributed by atoms with Crippen molar-refractivity contribution in [1.29, 1.82) is 0 Å². The zero-order valence-electron chi connectivity index (χ0n) is 15.3. The second-order valence-electron chi connectivity index (χ2n) is 6.78. The van der Waals surface area contributed by atoms with Crippen molar-refractivity contribution in [2.75, 3.05) is 32.8 Å². The van der Waals surface area contributed by atoms with Crippen LogP contribution in [-0.4, -0.2) is 38.8 Å². The first-order chi connectivity index (χ1) is 12.7. The highest BCUT2D eigenvalue weighted by molar-refractivity contribution is 5.92. The van der Waals surface area contributed by atoms with Crippen LogP contribution in [0, 0.1) is 6.92 Å². The third-order valence-corrected chi connectivity index (χ3v) is 4.72. The Hall–Kier alpha value is -2.43. The van der Waals surface area contributed by atoms with Crippen molar-refractivity contribution in [2.45, 2.75) is 13.0 Å². The maximum absolute atomic E-state index is 12.5. The molecule has 2 aromatic rings. The molecule has 3 rings (SSSR count). The highest BCUT2D eigenvalue weighted by atomic mass is 16.5. The van der Waals surface area contributed by atoms with Crippen molar-refractivity contribution in [3.8, 4) is 0 Å². The van der Waals surface area contributed by atoms with Gasteiger partial charge in [-0.2, -0.15) is 0 Å². The van der Waals surface area contributed by atoms with E-state index in [1.54, 1.807) is 6.08 Å². The number of morpholine rings is 1. The molecule has 1 saturated heterocycles. The van der Waals surface area contributed by atoms with Gasteiger partial charge in [0, 0.05) is 6.08 Å². The molecule has 4 heteroatoms. The molecule has 0 spiro atoms. The molecule has 1 amide bonds. The van der Waals surface area contributed by atoms with Gasteiger partial charge in [-0.3, -0.25) is 4.79 Å². The molecule has 2 aromatic carbocycles. The van der Waals surface area contributed by atoms with Crippen LogP contribution in [0.25, 0.3) is 6.08 Å². The standard InChI is InChI=1S/C22H26N2O2/c1-18-7-10-20(11-8-18)21(17-24-13-15-26-16-14-24)23-22(25)12-9-19-5-3-2-4-6-19/h2-12,21H,13-17H2,1H3,(H,23,25)/p+1/b12-9+/t21-/m1/s1. The number of ether oxygens (including phenoxy) is 1. The summed E-state index contributed by atoms with van der Waals surface area (Å²) in [7, 11) is 0. The van der Waals surface area contributed by atoms with E-state index in [-0.39, 0.29) is 11.9 Å². The van der Waals surface area contributed by atoms with E-state index in [9.17, 15) is 4.79 Å². The Bertz CT molecular complexity index is 720. The highest BCUT2D eigenvalue weighted by Gasteiger charge is 2.22. The average Bonchev–Trinajstić information content (AvgIpc) is 2.68. The molecule has 1 aliphatic heterocycles. The van der Waals surface area contributed by atoms with E-state index in [2.05, 4.69) is 36.5 Å². The quantitative estimate of drug-likeness (QED) is 0.779. The maximum atomic E-state index is 12.5. The molecular formula is C22H27N2O2+. The molecule has 2 N–H and O–H groups in total. The number of nitrogens with one attached hydrogen (secondary N) is 2. The van der Waals surface area contributed by atoms with Gasteiger partial charge >= 0.3 is 0 Å². The average molecular weight is 351 g/mol. The minimum atomic E-state index is -0.0629.